The molecule has 2 aliphatic rings. The van der Waals surface area contributed by atoms with Crippen molar-refractivity contribution >= 4 is 23.3 Å². The predicted molar refractivity (Wildman–Crippen MR) is 120 cm³/mol. The average Bonchev–Trinajstić information content (AvgIpc) is 3.49. The van der Waals surface area contributed by atoms with Crippen molar-refractivity contribution in [3.8, 4) is 11.3 Å². The van der Waals surface area contributed by atoms with E-state index in [1.807, 2.05) is 53.4 Å². The van der Waals surface area contributed by atoms with Crippen molar-refractivity contribution in [2.45, 2.75) is 37.8 Å². The second-order valence-corrected chi connectivity index (χ2v) is 8.08. The van der Waals surface area contributed by atoms with Crippen LogP contribution in [0.3, 0.4) is 0 Å². The number of carbonyl (C=O) groups excluding carboxylic acids is 2. The molecule has 0 spiro atoms. The minimum absolute atomic E-state index is 0.0497. The number of hydrogen-bond acceptors (Lipinski definition) is 6. The Morgan fingerprint density at radius 2 is 1.97 bits per heavy atom. The third kappa shape index (κ3) is 4.16. The zero-order valence-corrected chi connectivity index (χ0v) is 17.6. The monoisotopic (exact) mass is 428 g/mol. The highest BCUT2D eigenvalue weighted by molar-refractivity contribution is 5.91. The van der Waals surface area contributed by atoms with E-state index in [-0.39, 0.29) is 17.9 Å². The highest BCUT2D eigenvalue weighted by Crippen LogP contribution is 2.33. The standard InChI is InChI=1S/C24H24N6O2/c31-22-11-10-18(27-22)24(32)30-13-5-9-20(30)23-28-19(16-6-4-12-25-15-16)14-21(29-23)26-17-7-2-1-3-8-17/h1-4,6-8,12,14-15,18,20H,5,9-11,13H2,(H,27,31)(H,26,28,29)/t18-,20-/m0/s1. The lowest BCUT2D eigenvalue weighted by molar-refractivity contribution is -0.135. The smallest absolute Gasteiger partial charge is 0.245 e. The molecule has 2 aliphatic heterocycles. The number of likely N-dealkylation sites (tertiary alicyclic amines) is 1. The molecule has 2 atom stereocenters. The number of benzene rings is 1. The molecule has 0 bridgehead atoms. The molecule has 0 saturated carbocycles. The van der Waals surface area contributed by atoms with Gasteiger partial charge in [0.15, 0.2) is 5.82 Å². The van der Waals surface area contributed by atoms with Gasteiger partial charge >= 0.3 is 0 Å². The van der Waals surface area contributed by atoms with Crippen LogP contribution >= 0.6 is 0 Å². The van der Waals surface area contributed by atoms with E-state index in [1.165, 1.54) is 0 Å². The van der Waals surface area contributed by atoms with Gasteiger partial charge in [-0.1, -0.05) is 18.2 Å². The lowest BCUT2D eigenvalue weighted by atomic mass is 10.1. The van der Waals surface area contributed by atoms with Crippen LogP contribution in [0.1, 0.15) is 37.5 Å². The van der Waals surface area contributed by atoms with Crippen molar-refractivity contribution < 1.29 is 9.59 Å². The van der Waals surface area contributed by atoms with Gasteiger partial charge in [0.1, 0.15) is 11.9 Å². The Hall–Kier alpha value is -3.81. The molecule has 0 aliphatic carbocycles. The first-order valence-electron chi connectivity index (χ1n) is 10.9. The lowest BCUT2D eigenvalue weighted by Crippen LogP contribution is -2.44. The van der Waals surface area contributed by atoms with Gasteiger partial charge in [-0.05, 0) is 43.5 Å². The number of amides is 2. The maximum Gasteiger partial charge on any atom is 0.245 e. The Kier molecular flexibility index (Phi) is 5.49. The van der Waals surface area contributed by atoms with Crippen molar-refractivity contribution in [2.75, 3.05) is 11.9 Å². The molecule has 2 N–H and O–H groups in total. The summed E-state index contributed by atoms with van der Waals surface area (Å²) in [5.74, 6) is 1.14. The molecule has 4 heterocycles. The van der Waals surface area contributed by atoms with E-state index in [9.17, 15) is 9.59 Å². The number of nitrogens with one attached hydrogen (secondary N) is 2. The maximum atomic E-state index is 13.1. The fourth-order valence-corrected chi connectivity index (χ4v) is 4.31. The summed E-state index contributed by atoms with van der Waals surface area (Å²) in [7, 11) is 0. The number of hydrogen-bond donors (Lipinski definition) is 2. The first-order chi connectivity index (χ1) is 15.7. The van der Waals surface area contributed by atoms with E-state index in [0.717, 1.165) is 29.8 Å². The van der Waals surface area contributed by atoms with E-state index in [0.29, 0.717) is 31.0 Å². The summed E-state index contributed by atoms with van der Waals surface area (Å²) < 4.78 is 0. The summed E-state index contributed by atoms with van der Waals surface area (Å²) in [4.78, 5) is 40.4. The van der Waals surface area contributed by atoms with Gasteiger partial charge in [0.25, 0.3) is 0 Å². The Morgan fingerprint density at radius 1 is 1.09 bits per heavy atom. The average molecular weight is 428 g/mol. The van der Waals surface area contributed by atoms with E-state index < -0.39 is 6.04 Å². The van der Waals surface area contributed by atoms with Gasteiger partial charge < -0.3 is 15.5 Å². The molecule has 162 valence electrons. The largest absolute Gasteiger partial charge is 0.344 e. The fraction of sp³-hybridized carbons (Fsp3) is 0.292. The van der Waals surface area contributed by atoms with Crippen LogP contribution in [0.2, 0.25) is 0 Å². The number of rotatable bonds is 5. The minimum Gasteiger partial charge on any atom is -0.344 e. The molecule has 2 amide bonds. The van der Waals surface area contributed by atoms with Crippen molar-refractivity contribution in [2.24, 2.45) is 0 Å². The molecule has 32 heavy (non-hydrogen) atoms. The Labute approximate surface area is 186 Å². The summed E-state index contributed by atoms with van der Waals surface area (Å²) in [5.41, 5.74) is 2.54. The van der Waals surface area contributed by atoms with Crippen molar-refractivity contribution in [3.05, 3.63) is 66.7 Å². The van der Waals surface area contributed by atoms with Gasteiger partial charge in [0.05, 0.1) is 11.7 Å². The molecular weight excluding hydrogens is 404 g/mol. The highest BCUT2D eigenvalue weighted by Gasteiger charge is 2.38. The fourth-order valence-electron chi connectivity index (χ4n) is 4.31. The van der Waals surface area contributed by atoms with Crippen LogP contribution in [0.15, 0.2) is 60.9 Å². The van der Waals surface area contributed by atoms with Gasteiger partial charge in [-0.25, -0.2) is 9.97 Å². The van der Waals surface area contributed by atoms with Gasteiger partial charge in [0.2, 0.25) is 11.8 Å². The summed E-state index contributed by atoms with van der Waals surface area (Å²) in [6, 6.07) is 14.9. The number of para-hydroxylation sites is 1. The van der Waals surface area contributed by atoms with Crippen LogP contribution in [-0.2, 0) is 9.59 Å². The van der Waals surface area contributed by atoms with Gasteiger partial charge in [-0.3, -0.25) is 14.6 Å². The first-order valence-corrected chi connectivity index (χ1v) is 10.9. The van der Waals surface area contributed by atoms with E-state index in [1.54, 1.807) is 12.4 Å². The zero-order valence-electron chi connectivity index (χ0n) is 17.6. The molecule has 2 saturated heterocycles. The van der Waals surface area contributed by atoms with Crippen LogP contribution in [0.5, 0.6) is 0 Å². The quantitative estimate of drug-likeness (QED) is 0.647. The molecule has 0 radical (unpaired) electrons. The molecule has 5 rings (SSSR count). The van der Waals surface area contributed by atoms with Crippen LogP contribution in [-0.4, -0.2) is 44.3 Å². The third-order valence-corrected chi connectivity index (χ3v) is 5.87. The highest BCUT2D eigenvalue weighted by atomic mass is 16.2. The number of aromatic nitrogens is 3. The van der Waals surface area contributed by atoms with E-state index >= 15 is 0 Å². The number of carbonyl (C=O) groups is 2. The van der Waals surface area contributed by atoms with Crippen LogP contribution < -0.4 is 10.6 Å². The molecule has 2 fully saturated rings. The second kappa shape index (κ2) is 8.74. The van der Waals surface area contributed by atoms with Crippen molar-refractivity contribution in [3.63, 3.8) is 0 Å². The van der Waals surface area contributed by atoms with Crippen LogP contribution in [0, 0.1) is 0 Å². The third-order valence-electron chi connectivity index (χ3n) is 5.87. The Bertz CT molecular complexity index is 1120. The van der Waals surface area contributed by atoms with Gasteiger partial charge in [-0.2, -0.15) is 0 Å². The molecule has 3 aromatic rings. The lowest BCUT2D eigenvalue weighted by Gasteiger charge is -2.27. The minimum atomic E-state index is -0.452. The summed E-state index contributed by atoms with van der Waals surface area (Å²) >= 11 is 0. The molecular formula is C24H24N6O2. The summed E-state index contributed by atoms with van der Waals surface area (Å²) in [6.45, 7) is 0.637. The second-order valence-electron chi connectivity index (χ2n) is 8.08. The molecule has 2 aromatic heterocycles. The Balaban J connectivity index is 1.49. The summed E-state index contributed by atoms with van der Waals surface area (Å²) in [5, 5.41) is 6.14. The SMILES string of the molecule is O=C1CC[C@@H](C(=O)N2CCC[C@H]2c2nc(Nc3ccccc3)cc(-c3cccnc3)n2)N1. The van der Waals surface area contributed by atoms with Gasteiger partial charge in [-0.15, -0.1) is 0 Å². The van der Waals surface area contributed by atoms with Crippen molar-refractivity contribution in [1.82, 2.24) is 25.2 Å². The predicted octanol–water partition coefficient (Wildman–Crippen LogP) is 3.22. The maximum absolute atomic E-state index is 13.1. The molecule has 0 unspecified atom stereocenters. The summed E-state index contributed by atoms with van der Waals surface area (Å²) in [6.07, 6.45) is 6.09. The zero-order chi connectivity index (χ0) is 21.9. The van der Waals surface area contributed by atoms with Crippen LogP contribution in [0.25, 0.3) is 11.3 Å². The number of nitrogens with zero attached hydrogens (tertiary/aromatic N) is 4. The van der Waals surface area contributed by atoms with Gasteiger partial charge in [0, 0.05) is 42.7 Å². The normalized spacial score (nSPS) is 20.2. The Morgan fingerprint density at radius 3 is 2.72 bits per heavy atom. The molecule has 1 aromatic carbocycles. The topological polar surface area (TPSA) is 100 Å². The first kappa shape index (κ1) is 20.1. The number of anilines is 2. The number of pyridine rings is 1. The van der Waals surface area contributed by atoms with Crippen LogP contribution in [0.4, 0.5) is 11.5 Å². The van der Waals surface area contributed by atoms with E-state index in [2.05, 4.69) is 15.6 Å². The van der Waals surface area contributed by atoms with E-state index in [4.69, 9.17) is 9.97 Å². The molecule has 8 heteroatoms. The van der Waals surface area contributed by atoms with Crippen molar-refractivity contribution in [1.29, 1.82) is 0 Å². The molecule has 8 nitrogen and oxygen atoms in total.